The van der Waals surface area contributed by atoms with Gasteiger partial charge >= 0.3 is 0 Å². The molecular weight excluding hydrogens is 490 g/mol. The number of hydrogen-bond donors (Lipinski definition) is 0. The largest absolute Gasteiger partial charge is 0.486 e. The van der Waals surface area contributed by atoms with Crippen molar-refractivity contribution in [3.63, 3.8) is 0 Å². The van der Waals surface area contributed by atoms with Crippen molar-refractivity contribution in [2.45, 2.75) is 30.2 Å². The van der Waals surface area contributed by atoms with E-state index in [0.717, 1.165) is 39.2 Å². The lowest BCUT2D eigenvalue weighted by atomic mass is 9.81. The van der Waals surface area contributed by atoms with Crippen LogP contribution in [0.5, 0.6) is 11.5 Å². The van der Waals surface area contributed by atoms with Crippen LogP contribution in [0.1, 0.15) is 30.7 Å². The summed E-state index contributed by atoms with van der Waals surface area (Å²) in [6, 6.07) is 16.7. The molecule has 0 spiro atoms. The first-order valence-corrected chi connectivity index (χ1v) is 12.5. The number of hydrogen-bond acceptors (Lipinski definition) is 4. The van der Waals surface area contributed by atoms with Crippen LogP contribution in [-0.4, -0.2) is 22.8 Å². The molecule has 0 aliphatic carbocycles. The average Bonchev–Trinajstić information content (AvgIpc) is 3.28. The van der Waals surface area contributed by atoms with E-state index < -0.39 is 5.41 Å². The van der Waals surface area contributed by atoms with E-state index in [9.17, 15) is 8.78 Å². The van der Waals surface area contributed by atoms with Gasteiger partial charge in [0.2, 0.25) is 0 Å². The van der Waals surface area contributed by atoms with Crippen molar-refractivity contribution in [3.05, 3.63) is 100 Å². The molecule has 0 amide bonds. The Bertz CT molecular complexity index is 1370. The zero-order chi connectivity index (χ0) is 24.6. The van der Waals surface area contributed by atoms with E-state index in [4.69, 9.17) is 26.1 Å². The average molecular weight is 513 g/mol. The van der Waals surface area contributed by atoms with Gasteiger partial charge in [-0.15, -0.1) is 0 Å². The summed E-state index contributed by atoms with van der Waals surface area (Å²) in [6.07, 6.45) is 1.84. The van der Waals surface area contributed by atoms with Gasteiger partial charge in [0.15, 0.2) is 16.7 Å². The lowest BCUT2D eigenvalue weighted by molar-refractivity contribution is 0.171. The molecule has 0 N–H and O–H groups in total. The molecular formula is C27H23ClF2N2O2S. The van der Waals surface area contributed by atoms with Gasteiger partial charge in [-0.05, 0) is 59.7 Å². The smallest absolute Gasteiger partial charge is 0.173 e. The van der Waals surface area contributed by atoms with E-state index in [-0.39, 0.29) is 11.6 Å². The summed E-state index contributed by atoms with van der Waals surface area (Å²) in [5, 5.41) is 1.09. The summed E-state index contributed by atoms with van der Waals surface area (Å²) in [6.45, 7) is 5.27. The SMILES string of the molecule is CC(C)(c1ccc2c(c1)OCCO2)c1cnc(SCc2ccc(F)cc2Cl)n1-c1ccc(F)cc1. The summed E-state index contributed by atoms with van der Waals surface area (Å²) >= 11 is 7.72. The Kier molecular flexibility index (Phi) is 6.47. The zero-order valence-corrected chi connectivity index (χ0v) is 20.8. The van der Waals surface area contributed by atoms with E-state index >= 15 is 0 Å². The summed E-state index contributed by atoms with van der Waals surface area (Å²) < 4.78 is 40.7. The summed E-state index contributed by atoms with van der Waals surface area (Å²) in [5.41, 5.74) is 3.08. The maximum Gasteiger partial charge on any atom is 0.173 e. The Morgan fingerprint density at radius 1 is 0.943 bits per heavy atom. The minimum Gasteiger partial charge on any atom is -0.486 e. The lowest BCUT2D eigenvalue weighted by Gasteiger charge is -2.29. The van der Waals surface area contributed by atoms with Gasteiger partial charge in [0.25, 0.3) is 0 Å². The summed E-state index contributed by atoms with van der Waals surface area (Å²) in [7, 11) is 0. The number of nitrogens with zero attached hydrogens (tertiary/aromatic N) is 2. The molecule has 1 aliphatic rings. The highest BCUT2D eigenvalue weighted by molar-refractivity contribution is 7.98. The highest BCUT2D eigenvalue weighted by atomic mass is 35.5. The van der Waals surface area contributed by atoms with Crippen molar-refractivity contribution in [2.24, 2.45) is 0 Å². The third-order valence-electron chi connectivity index (χ3n) is 6.09. The van der Waals surface area contributed by atoms with Crippen LogP contribution in [0, 0.1) is 11.6 Å². The number of fused-ring (bicyclic) bond motifs is 1. The van der Waals surface area contributed by atoms with E-state index in [1.54, 1.807) is 18.2 Å². The van der Waals surface area contributed by atoms with Crippen LogP contribution in [0.3, 0.4) is 0 Å². The van der Waals surface area contributed by atoms with Gasteiger partial charge in [-0.25, -0.2) is 13.8 Å². The normalized spacial score (nSPS) is 13.2. The molecule has 4 aromatic rings. The van der Waals surface area contributed by atoms with Gasteiger partial charge in [0, 0.05) is 21.9 Å². The van der Waals surface area contributed by atoms with Crippen molar-refractivity contribution in [1.82, 2.24) is 9.55 Å². The quantitative estimate of drug-likeness (QED) is 0.256. The summed E-state index contributed by atoms with van der Waals surface area (Å²) in [5.74, 6) is 1.26. The van der Waals surface area contributed by atoms with Crippen LogP contribution < -0.4 is 9.47 Å². The van der Waals surface area contributed by atoms with Crippen LogP contribution >= 0.6 is 23.4 Å². The fraction of sp³-hybridized carbons (Fsp3) is 0.222. The van der Waals surface area contributed by atoms with Crippen molar-refractivity contribution >= 4 is 23.4 Å². The Morgan fingerprint density at radius 2 is 1.66 bits per heavy atom. The Balaban J connectivity index is 1.55. The number of imidazole rings is 1. The molecule has 1 aliphatic heterocycles. The van der Waals surface area contributed by atoms with E-state index in [1.165, 1.54) is 36.0 Å². The molecule has 0 radical (unpaired) electrons. The third-order valence-corrected chi connectivity index (χ3v) is 7.44. The second kappa shape index (κ2) is 9.55. The minimum absolute atomic E-state index is 0.311. The third kappa shape index (κ3) is 4.75. The molecule has 0 atom stereocenters. The van der Waals surface area contributed by atoms with Gasteiger partial charge in [-0.2, -0.15) is 0 Å². The topological polar surface area (TPSA) is 36.3 Å². The molecule has 1 aromatic heterocycles. The maximum atomic E-state index is 13.7. The van der Waals surface area contributed by atoms with Gasteiger partial charge in [-0.3, -0.25) is 4.57 Å². The van der Waals surface area contributed by atoms with Crippen LogP contribution in [0.15, 0.2) is 72.0 Å². The number of thioether (sulfide) groups is 1. The number of halogens is 3. The molecule has 3 aromatic carbocycles. The number of benzene rings is 3. The maximum absolute atomic E-state index is 13.7. The highest BCUT2D eigenvalue weighted by Crippen LogP contribution is 2.40. The summed E-state index contributed by atoms with van der Waals surface area (Å²) in [4.78, 5) is 4.72. The predicted molar refractivity (Wildman–Crippen MR) is 134 cm³/mol. The first kappa shape index (κ1) is 23.7. The first-order valence-electron chi connectivity index (χ1n) is 11.1. The standard InChI is InChI=1S/C27H23ClF2N2O2S/c1-27(2,18-4-10-23-24(13-18)34-12-11-33-23)25-15-31-26(32(25)21-8-6-19(29)7-9-21)35-16-17-3-5-20(30)14-22(17)28/h3-10,13-15H,11-12,16H2,1-2H3. The Hall–Kier alpha value is -3.03. The molecule has 8 heteroatoms. The molecule has 2 heterocycles. The van der Waals surface area contributed by atoms with Crippen molar-refractivity contribution in [2.75, 3.05) is 13.2 Å². The molecule has 35 heavy (non-hydrogen) atoms. The molecule has 4 nitrogen and oxygen atoms in total. The van der Waals surface area contributed by atoms with Crippen molar-refractivity contribution in [1.29, 1.82) is 0 Å². The molecule has 0 saturated heterocycles. The van der Waals surface area contributed by atoms with Gasteiger partial charge in [-0.1, -0.05) is 49.3 Å². The molecule has 0 bridgehead atoms. The first-order chi connectivity index (χ1) is 16.8. The Morgan fingerprint density at radius 3 is 2.40 bits per heavy atom. The van der Waals surface area contributed by atoms with Crippen LogP contribution in [0.25, 0.3) is 5.69 Å². The van der Waals surface area contributed by atoms with Gasteiger partial charge < -0.3 is 9.47 Å². The molecule has 0 unspecified atom stereocenters. The zero-order valence-electron chi connectivity index (χ0n) is 19.2. The highest BCUT2D eigenvalue weighted by Gasteiger charge is 2.31. The van der Waals surface area contributed by atoms with E-state index in [2.05, 4.69) is 13.8 Å². The minimum atomic E-state index is -0.469. The second-order valence-electron chi connectivity index (χ2n) is 8.75. The van der Waals surface area contributed by atoms with Gasteiger partial charge in [0.05, 0.1) is 11.9 Å². The number of ether oxygens (including phenoxy) is 2. The monoisotopic (exact) mass is 512 g/mol. The second-order valence-corrected chi connectivity index (χ2v) is 10.1. The molecule has 5 rings (SSSR count). The Labute approximate surface area is 211 Å². The van der Waals surface area contributed by atoms with Crippen molar-refractivity contribution in [3.8, 4) is 17.2 Å². The molecule has 0 saturated carbocycles. The molecule has 180 valence electrons. The van der Waals surface area contributed by atoms with Crippen LogP contribution in [-0.2, 0) is 11.2 Å². The molecule has 0 fully saturated rings. The van der Waals surface area contributed by atoms with Crippen LogP contribution in [0.4, 0.5) is 8.78 Å². The van der Waals surface area contributed by atoms with Crippen molar-refractivity contribution < 1.29 is 18.3 Å². The van der Waals surface area contributed by atoms with E-state index in [1.807, 2.05) is 29.0 Å². The predicted octanol–water partition coefficient (Wildman–Crippen LogP) is 7.19. The van der Waals surface area contributed by atoms with Crippen LogP contribution in [0.2, 0.25) is 5.02 Å². The fourth-order valence-electron chi connectivity index (χ4n) is 4.08. The van der Waals surface area contributed by atoms with Gasteiger partial charge in [0.1, 0.15) is 24.8 Å². The lowest BCUT2D eigenvalue weighted by Crippen LogP contribution is -2.24. The van der Waals surface area contributed by atoms with E-state index in [0.29, 0.717) is 24.0 Å². The number of aromatic nitrogens is 2. The fourth-order valence-corrected chi connectivity index (χ4v) is 5.39. The number of rotatable bonds is 6.